The summed E-state index contributed by atoms with van der Waals surface area (Å²) in [6, 6.07) is 11.4. The molecule has 5 aromatic heterocycles. The molecule has 0 aliphatic heterocycles. The summed E-state index contributed by atoms with van der Waals surface area (Å²) in [6.45, 7) is 6.32. The maximum Gasteiger partial charge on any atom is 0.218 e. The molecule has 6 aromatic rings. The van der Waals surface area contributed by atoms with E-state index in [4.69, 9.17) is 25.7 Å². The number of aromatic nitrogens is 5. The van der Waals surface area contributed by atoms with E-state index < -0.39 is 0 Å². The van der Waals surface area contributed by atoms with Crippen molar-refractivity contribution in [1.82, 2.24) is 24.6 Å². The van der Waals surface area contributed by atoms with Crippen LogP contribution in [-0.4, -0.2) is 24.6 Å². The second-order valence-electron chi connectivity index (χ2n) is 7.95. The third-order valence-corrected chi connectivity index (χ3v) is 6.98. The van der Waals surface area contributed by atoms with Crippen molar-refractivity contribution in [1.29, 1.82) is 0 Å². The maximum atomic E-state index is 6.08. The lowest BCUT2D eigenvalue weighted by atomic mass is 10.1. The fraction of sp³-hybridized carbons (Fsp3) is 0.167. The van der Waals surface area contributed by atoms with Crippen LogP contribution in [0.15, 0.2) is 47.1 Å². The van der Waals surface area contributed by atoms with E-state index in [1.54, 1.807) is 22.2 Å². The molecule has 164 valence electrons. The summed E-state index contributed by atoms with van der Waals surface area (Å²) in [7, 11) is 0. The number of aryl methyl sites for hydroxylation is 3. The highest BCUT2D eigenvalue weighted by atomic mass is 35.5. The predicted molar refractivity (Wildman–Crippen MR) is 129 cm³/mol. The number of benzene rings is 1. The van der Waals surface area contributed by atoms with E-state index >= 15 is 0 Å². The molecule has 0 bridgehead atoms. The monoisotopic (exact) mass is 475 g/mol. The van der Waals surface area contributed by atoms with Gasteiger partial charge >= 0.3 is 0 Å². The van der Waals surface area contributed by atoms with Gasteiger partial charge in [0.25, 0.3) is 0 Å². The van der Waals surface area contributed by atoms with Gasteiger partial charge in [-0.05, 0) is 68.3 Å². The molecule has 0 fully saturated rings. The first-order valence-electron chi connectivity index (χ1n) is 10.4. The molecule has 0 aliphatic rings. The maximum absolute atomic E-state index is 6.08. The van der Waals surface area contributed by atoms with Gasteiger partial charge in [-0.2, -0.15) is 0 Å². The molecule has 0 amide bonds. The molecule has 0 radical (unpaired) electrons. The quantitative estimate of drug-likeness (QED) is 0.297. The molecule has 6 rings (SSSR count). The lowest BCUT2D eigenvalue weighted by Crippen LogP contribution is -1.94. The Morgan fingerprint density at radius 1 is 1.06 bits per heavy atom. The van der Waals surface area contributed by atoms with E-state index in [2.05, 4.69) is 28.1 Å². The van der Waals surface area contributed by atoms with Gasteiger partial charge in [0.1, 0.15) is 34.0 Å². The van der Waals surface area contributed by atoms with Crippen LogP contribution >= 0.6 is 22.9 Å². The van der Waals surface area contributed by atoms with Crippen molar-refractivity contribution < 1.29 is 9.15 Å². The topological polar surface area (TPSA) is 78.3 Å². The van der Waals surface area contributed by atoms with Gasteiger partial charge in [0, 0.05) is 16.1 Å². The van der Waals surface area contributed by atoms with Crippen molar-refractivity contribution >= 4 is 49.0 Å². The summed E-state index contributed by atoms with van der Waals surface area (Å²) in [6.07, 6.45) is 1.69. The number of halogens is 1. The molecule has 0 unspecified atom stereocenters. The Morgan fingerprint density at radius 2 is 1.94 bits per heavy atom. The van der Waals surface area contributed by atoms with Crippen molar-refractivity contribution in [3.8, 4) is 17.3 Å². The average Bonchev–Trinajstić information content (AvgIpc) is 3.49. The number of fused-ring (bicyclic) bond motifs is 5. The molecule has 0 N–H and O–H groups in total. The number of pyridine rings is 1. The zero-order valence-corrected chi connectivity index (χ0v) is 19.7. The van der Waals surface area contributed by atoms with Crippen LogP contribution in [0.3, 0.4) is 0 Å². The number of rotatable bonds is 4. The SMILES string of the molecule is Cc1cc(C)c2c(n1)sc1c2ncn2nc(-c3ccc(COc4ccc(Cl)c(C)c4)o3)nc12. The van der Waals surface area contributed by atoms with E-state index in [1.165, 1.54) is 0 Å². The van der Waals surface area contributed by atoms with Crippen LogP contribution in [0.4, 0.5) is 0 Å². The highest BCUT2D eigenvalue weighted by Crippen LogP contribution is 2.36. The van der Waals surface area contributed by atoms with Gasteiger partial charge in [0.2, 0.25) is 5.82 Å². The lowest BCUT2D eigenvalue weighted by Gasteiger charge is -2.05. The van der Waals surface area contributed by atoms with Crippen molar-refractivity contribution in [2.75, 3.05) is 0 Å². The number of furan rings is 1. The Morgan fingerprint density at radius 3 is 2.79 bits per heavy atom. The Balaban J connectivity index is 1.34. The Kier molecular flexibility index (Phi) is 4.60. The minimum absolute atomic E-state index is 0.293. The van der Waals surface area contributed by atoms with Gasteiger partial charge in [0.05, 0.1) is 5.52 Å². The molecule has 0 aliphatic carbocycles. The lowest BCUT2D eigenvalue weighted by molar-refractivity contribution is 0.271. The highest BCUT2D eigenvalue weighted by molar-refractivity contribution is 7.26. The van der Waals surface area contributed by atoms with Crippen LogP contribution in [0.5, 0.6) is 5.75 Å². The second kappa shape index (κ2) is 7.54. The summed E-state index contributed by atoms with van der Waals surface area (Å²) in [5.41, 5.74) is 4.75. The van der Waals surface area contributed by atoms with Crippen LogP contribution < -0.4 is 4.74 Å². The van der Waals surface area contributed by atoms with Crippen molar-refractivity contribution in [3.63, 3.8) is 0 Å². The first-order valence-corrected chi connectivity index (χ1v) is 11.6. The number of hydrogen-bond acceptors (Lipinski definition) is 7. The summed E-state index contributed by atoms with van der Waals surface area (Å²) < 4.78 is 14.4. The largest absolute Gasteiger partial charge is 0.486 e. The molecule has 0 saturated carbocycles. The molecule has 5 heterocycles. The Labute approximate surface area is 197 Å². The summed E-state index contributed by atoms with van der Waals surface area (Å²) >= 11 is 7.66. The number of nitrogens with zero attached hydrogens (tertiary/aromatic N) is 5. The summed E-state index contributed by atoms with van der Waals surface area (Å²) in [4.78, 5) is 15.1. The van der Waals surface area contributed by atoms with Crippen LogP contribution in [-0.2, 0) is 6.61 Å². The van der Waals surface area contributed by atoms with Gasteiger partial charge in [-0.3, -0.25) is 0 Å². The zero-order valence-electron chi connectivity index (χ0n) is 18.1. The first-order chi connectivity index (χ1) is 16.0. The molecule has 1 aromatic carbocycles. The van der Waals surface area contributed by atoms with Crippen molar-refractivity contribution in [2.45, 2.75) is 27.4 Å². The van der Waals surface area contributed by atoms with Gasteiger partial charge in [-0.25, -0.2) is 19.5 Å². The standard InChI is InChI=1S/C24H18ClN5O2S/c1-12-9-15(4-6-17(12)25)31-10-16-5-7-18(32-16)22-28-23-21-20(26-11-30(23)29-22)19-13(2)8-14(3)27-24(19)33-21/h4-9,11H,10H2,1-3H3. The van der Waals surface area contributed by atoms with Gasteiger partial charge < -0.3 is 9.15 Å². The molecule has 0 atom stereocenters. The summed E-state index contributed by atoms with van der Waals surface area (Å²) in [5.74, 6) is 2.48. The third-order valence-electron chi connectivity index (χ3n) is 5.49. The molecule has 33 heavy (non-hydrogen) atoms. The van der Waals surface area contributed by atoms with Crippen LogP contribution in [0.2, 0.25) is 5.02 Å². The van der Waals surface area contributed by atoms with E-state index in [-0.39, 0.29) is 0 Å². The van der Waals surface area contributed by atoms with Crippen LogP contribution in [0, 0.1) is 20.8 Å². The van der Waals surface area contributed by atoms with E-state index in [0.29, 0.717) is 29.0 Å². The highest BCUT2D eigenvalue weighted by Gasteiger charge is 2.18. The first kappa shape index (κ1) is 20.1. The fourth-order valence-electron chi connectivity index (χ4n) is 3.91. The molecule has 7 nitrogen and oxygen atoms in total. The number of hydrogen-bond donors (Lipinski definition) is 0. The minimum atomic E-state index is 0.293. The number of ether oxygens (including phenoxy) is 1. The second-order valence-corrected chi connectivity index (χ2v) is 9.36. The third kappa shape index (κ3) is 3.42. The van der Waals surface area contributed by atoms with E-state index in [0.717, 1.165) is 48.7 Å². The van der Waals surface area contributed by atoms with Crippen LogP contribution in [0.25, 0.3) is 37.7 Å². The van der Waals surface area contributed by atoms with Crippen molar-refractivity contribution in [3.05, 3.63) is 70.3 Å². The zero-order chi connectivity index (χ0) is 22.7. The normalized spacial score (nSPS) is 11.8. The minimum Gasteiger partial charge on any atom is -0.486 e. The van der Waals surface area contributed by atoms with Crippen LogP contribution in [0.1, 0.15) is 22.6 Å². The van der Waals surface area contributed by atoms with Gasteiger partial charge in [0.15, 0.2) is 11.4 Å². The van der Waals surface area contributed by atoms with E-state index in [9.17, 15) is 0 Å². The molecule has 0 spiro atoms. The van der Waals surface area contributed by atoms with Gasteiger partial charge in [-0.15, -0.1) is 16.4 Å². The molecular weight excluding hydrogens is 458 g/mol. The summed E-state index contributed by atoms with van der Waals surface area (Å²) in [5, 5.41) is 6.36. The van der Waals surface area contributed by atoms with Gasteiger partial charge in [-0.1, -0.05) is 11.6 Å². The smallest absolute Gasteiger partial charge is 0.218 e. The average molecular weight is 476 g/mol. The number of thiophene rings is 1. The Bertz CT molecular complexity index is 1680. The van der Waals surface area contributed by atoms with E-state index in [1.807, 2.05) is 44.2 Å². The fourth-order valence-corrected chi connectivity index (χ4v) is 5.25. The van der Waals surface area contributed by atoms with Crippen molar-refractivity contribution in [2.24, 2.45) is 0 Å². The molecule has 9 heteroatoms. The predicted octanol–water partition coefficient (Wildman–Crippen LogP) is 6.30. The Hall–Kier alpha value is -3.49. The molecule has 0 saturated heterocycles. The molecular formula is C24H18ClN5O2S.